The van der Waals surface area contributed by atoms with Crippen molar-refractivity contribution in [3.05, 3.63) is 77.9 Å². The van der Waals surface area contributed by atoms with E-state index < -0.39 is 23.3 Å². The lowest BCUT2D eigenvalue weighted by Crippen LogP contribution is -2.38. The minimum atomic E-state index is -4.40. The third-order valence-electron chi connectivity index (χ3n) is 5.32. The van der Waals surface area contributed by atoms with E-state index in [9.17, 15) is 27.9 Å². The largest absolute Gasteiger partial charge is 0.493 e. The molecule has 0 aromatic heterocycles. The predicted octanol–water partition coefficient (Wildman–Crippen LogP) is 6.33. The maximum atomic E-state index is 12.8. The van der Waals surface area contributed by atoms with Crippen molar-refractivity contribution in [2.24, 2.45) is 0 Å². The summed E-state index contributed by atoms with van der Waals surface area (Å²) in [5.74, 6) is -0.455. The van der Waals surface area contributed by atoms with Crippen molar-refractivity contribution in [1.29, 1.82) is 0 Å². The summed E-state index contributed by atoms with van der Waals surface area (Å²) in [7, 11) is 0. The van der Waals surface area contributed by atoms with Crippen molar-refractivity contribution in [1.82, 2.24) is 0 Å². The van der Waals surface area contributed by atoms with Gasteiger partial charge in [0.15, 0.2) is 5.60 Å². The Balaban J connectivity index is 1.54. The van der Waals surface area contributed by atoms with Gasteiger partial charge < -0.3 is 19.9 Å². The zero-order valence-electron chi connectivity index (χ0n) is 20.0. The summed E-state index contributed by atoms with van der Waals surface area (Å²) in [6.07, 6.45) is -4.34. The molecular formula is C27H26F3NO5. The highest BCUT2D eigenvalue weighted by Gasteiger charge is 2.30. The molecule has 0 aliphatic heterocycles. The van der Waals surface area contributed by atoms with E-state index in [0.717, 1.165) is 12.1 Å². The first-order valence-electron chi connectivity index (χ1n) is 11.1. The summed E-state index contributed by atoms with van der Waals surface area (Å²) in [6, 6.07) is 16.6. The van der Waals surface area contributed by atoms with E-state index in [1.807, 2.05) is 0 Å². The lowest BCUT2D eigenvalue weighted by Gasteiger charge is -2.23. The lowest BCUT2D eigenvalue weighted by atomic mass is 10.0. The SMILES string of the molecule is Cc1cc(OCCC(=O)Nc2cccc(-c3ccc(C(F)(F)F)cc3)c2)ccc1OC(C)(C)C(=O)O. The van der Waals surface area contributed by atoms with Crippen LogP contribution in [0.1, 0.15) is 31.4 Å². The standard InChI is InChI=1S/C27H26F3NO5/c1-17-15-22(11-12-23(17)36-26(2,3)25(33)34)35-14-13-24(32)31-21-6-4-5-19(16-21)18-7-9-20(10-8-18)27(28,29)30/h4-12,15-16H,13-14H2,1-3H3,(H,31,32)(H,33,34). The van der Waals surface area contributed by atoms with Gasteiger partial charge in [0.1, 0.15) is 11.5 Å². The van der Waals surface area contributed by atoms with Crippen LogP contribution in [0.4, 0.5) is 18.9 Å². The smallest absolute Gasteiger partial charge is 0.416 e. The molecule has 2 N–H and O–H groups in total. The van der Waals surface area contributed by atoms with E-state index in [1.165, 1.54) is 26.0 Å². The molecule has 3 aromatic carbocycles. The van der Waals surface area contributed by atoms with Crippen molar-refractivity contribution < 1.29 is 37.3 Å². The van der Waals surface area contributed by atoms with Gasteiger partial charge in [0, 0.05) is 5.69 Å². The first-order valence-corrected chi connectivity index (χ1v) is 11.1. The number of carboxylic acid groups (broad SMARTS) is 1. The summed E-state index contributed by atoms with van der Waals surface area (Å²) in [6.45, 7) is 4.77. The van der Waals surface area contributed by atoms with Gasteiger partial charge in [-0.1, -0.05) is 24.3 Å². The van der Waals surface area contributed by atoms with Crippen molar-refractivity contribution in [3.8, 4) is 22.6 Å². The molecule has 9 heteroatoms. The van der Waals surface area contributed by atoms with Gasteiger partial charge >= 0.3 is 12.1 Å². The van der Waals surface area contributed by atoms with Crippen molar-refractivity contribution >= 4 is 17.6 Å². The van der Waals surface area contributed by atoms with Crippen LogP contribution >= 0.6 is 0 Å². The van der Waals surface area contributed by atoms with Crippen LogP contribution in [0.5, 0.6) is 11.5 Å². The van der Waals surface area contributed by atoms with E-state index in [4.69, 9.17) is 9.47 Å². The Kier molecular flexibility index (Phi) is 7.92. The number of aliphatic carboxylic acids is 1. The average molecular weight is 502 g/mol. The summed E-state index contributed by atoms with van der Waals surface area (Å²) in [5, 5.41) is 12.0. The Bertz CT molecular complexity index is 1240. The molecule has 0 aliphatic carbocycles. The molecule has 6 nitrogen and oxygen atoms in total. The molecule has 3 rings (SSSR count). The zero-order valence-corrected chi connectivity index (χ0v) is 20.0. The zero-order chi connectivity index (χ0) is 26.5. The van der Waals surface area contributed by atoms with Crippen LogP contribution in [0, 0.1) is 6.92 Å². The van der Waals surface area contributed by atoms with Crippen molar-refractivity contribution in [3.63, 3.8) is 0 Å². The monoisotopic (exact) mass is 501 g/mol. The van der Waals surface area contributed by atoms with Crippen LogP contribution < -0.4 is 14.8 Å². The number of benzene rings is 3. The summed E-state index contributed by atoms with van der Waals surface area (Å²) < 4.78 is 49.5. The molecule has 190 valence electrons. The Labute approximate surface area is 206 Å². The van der Waals surface area contributed by atoms with Crippen LogP contribution in [0.25, 0.3) is 11.1 Å². The van der Waals surface area contributed by atoms with Crippen molar-refractivity contribution in [2.75, 3.05) is 11.9 Å². The third kappa shape index (κ3) is 7.00. The van der Waals surface area contributed by atoms with Gasteiger partial charge in [0.2, 0.25) is 5.91 Å². The fourth-order valence-electron chi connectivity index (χ4n) is 3.26. The molecule has 0 bridgehead atoms. The number of halogens is 3. The molecule has 36 heavy (non-hydrogen) atoms. The molecule has 0 atom stereocenters. The predicted molar refractivity (Wildman–Crippen MR) is 129 cm³/mol. The van der Waals surface area contributed by atoms with Gasteiger partial charge in [-0.3, -0.25) is 4.79 Å². The number of hydrogen-bond donors (Lipinski definition) is 2. The van der Waals surface area contributed by atoms with Gasteiger partial charge in [-0.2, -0.15) is 13.2 Å². The summed E-state index contributed by atoms with van der Waals surface area (Å²) in [5.41, 5.74) is 0.354. The fraction of sp³-hybridized carbons (Fsp3) is 0.259. The highest BCUT2D eigenvalue weighted by atomic mass is 19.4. The molecule has 0 saturated carbocycles. The number of alkyl halides is 3. The molecule has 3 aromatic rings. The van der Waals surface area contributed by atoms with Gasteiger partial charge in [-0.05, 0) is 79.9 Å². The molecule has 1 amide bonds. The second kappa shape index (κ2) is 10.7. The number of carboxylic acids is 1. The topological polar surface area (TPSA) is 84.9 Å². The molecule has 0 saturated heterocycles. The van der Waals surface area contributed by atoms with Crippen LogP contribution in [-0.4, -0.2) is 29.2 Å². The molecule has 0 unspecified atom stereocenters. The fourth-order valence-corrected chi connectivity index (χ4v) is 3.26. The summed E-state index contributed by atoms with van der Waals surface area (Å²) in [4.78, 5) is 23.6. The number of carbonyl (C=O) groups is 2. The third-order valence-corrected chi connectivity index (χ3v) is 5.32. The van der Waals surface area contributed by atoms with Crippen molar-refractivity contribution in [2.45, 2.75) is 39.0 Å². The maximum Gasteiger partial charge on any atom is 0.416 e. The quantitative estimate of drug-likeness (QED) is 0.358. The Morgan fingerprint density at radius 3 is 2.25 bits per heavy atom. The van der Waals surface area contributed by atoms with Gasteiger partial charge in [-0.25, -0.2) is 4.79 Å². The minimum absolute atomic E-state index is 0.0633. The number of aryl methyl sites for hydroxylation is 1. The second-order valence-corrected chi connectivity index (χ2v) is 8.65. The van der Waals surface area contributed by atoms with E-state index in [0.29, 0.717) is 33.9 Å². The number of anilines is 1. The van der Waals surface area contributed by atoms with E-state index in [1.54, 1.807) is 49.4 Å². The number of nitrogens with one attached hydrogen (secondary N) is 1. The Morgan fingerprint density at radius 2 is 1.64 bits per heavy atom. The van der Waals surface area contributed by atoms with E-state index in [-0.39, 0.29) is 18.9 Å². The molecule has 0 radical (unpaired) electrons. The number of carbonyl (C=O) groups excluding carboxylic acids is 1. The summed E-state index contributed by atoms with van der Waals surface area (Å²) >= 11 is 0. The molecule has 0 fully saturated rings. The average Bonchev–Trinajstić information content (AvgIpc) is 2.80. The van der Waals surface area contributed by atoms with Crippen LogP contribution in [0.15, 0.2) is 66.7 Å². The minimum Gasteiger partial charge on any atom is -0.493 e. The molecule has 0 spiro atoms. The Morgan fingerprint density at radius 1 is 0.944 bits per heavy atom. The second-order valence-electron chi connectivity index (χ2n) is 8.65. The van der Waals surface area contributed by atoms with Gasteiger partial charge in [0.05, 0.1) is 18.6 Å². The highest BCUT2D eigenvalue weighted by Crippen LogP contribution is 2.31. The number of amides is 1. The molecular weight excluding hydrogens is 475 g/mol. The molecule has 0 heterocycles. The Hall–Kier alpha value is -4.01. The normalized spacial score (nSPS) is 11.6. The van der Waals surface area contributed by atoms with Crippen LogP contribution in [0.2, 0.25) is 0 Å². The van der Waals surface area contributed by atoms with Gasteiger partial charge in [-0.15, -0.1) is 0 Å². The maximum absolute atomic E-state index is 12.8. The number of rotatable bonds is 9. The first-order chi connectivity index (χ1) is 16.8. The number of hydrogen-bond acceptors (Lipinski definition) is 4. The van der Waals surface area contributed by atoms with Crippen LogP contribution in [0.3, 0.4) is 0 Å². The van der Waals surface area contributed by atoms with E-state index >= 15 is 0 Å². The molecule has 0 aliphatic rings. The first kappa shape index (κ1) is 26.6. The number of ether oxygens (including phenoxy) is 2. The highest BCUT2D eigenvalue weighted by molar-refractivity contribution is 5.91. The van der Waals surface area contributed by atoms with E-state index in [2.05, 4.69) is 5.32 Å². The van der Waals surface area contributed by atoms with Crippen LogP contribution in [-0.2, 0) is 15.8 Å². The van der Waals surface area contributed by atoms with Gasteiger partial charge in [0.25, 0.3) is 0 Å². The lowest BCUT2D eigenvalue weighted by molar-refractivity contribution is -0.152.